The van der Waals surface area contributed by atoms with Crippen molar-refractivity contribution in [1.82, 2.24) is 4.98 Å². The largest absolute Gasteiger partial charge is 0.260 e. The molecule has 0 amide bonds. The van der Waals surface area contributed by atoms with E-state index >= 15 is 0 Å². The first kappa shape index (κ1) is 8.60. The van der Waals surface area contributed by atoms with Gasteiger partial charge in [-0.2, -0.15) is 0 Å². The van der Waals surface area contributed by atoms with Crippen LogP contribution in [-0.4, -0.2) is 11.2 Å². The topological polar surface area (TPSA) is 12.9 Å². The van der Waals surface area contributed by atoms with Crippen LogP contribution in [0.15, 0.2) is 23.2 Å². The van der Waals surface area contributed by atoms with E-state index < -0.39 is 0 Å². The summed E-state index contributed by atoms with van der Waals surface area (Å²) in [5.74, 6) is 0.533. The van der Waals surface area contributed by atoms with Gasteiger partial charge in [-0.3, -0.25) is 4.98 Å². The summed E-state index contributed by atoms with van der Waals surface area (Å²) in [5.41, 5.74) is 1.17. The highest BCUT2D eigenvalue weighted by Gasteiger charge is 1.98. The highest BCUT2D eigenvalue weighted by Crippen LogP contribution is 2.16. The highest BCUT2D eigenvalue weighted by molar-refractivity contribution is 7.98. The van der Waals surface area contributed by atoms with Gasteiger partial charge < -0.3 is 0 Å². The Morgan fingerprint density at radius 1 is 1.36 bits per heavy atom. The van der Waals surface area contributed by atoms with Crippen LogP contribution in [0.3, 0.4) is 0 Å². The van der Waals surface area contributed by atoms with Crippen molar-refractivity contribution >= 4 is 11.8 Å². The van der Waals surface area contributed by atoms with E-state index in [1.165, 1.54) is 10.6 Å². The van der Waals surface area contributed by atoms with Crippen LogP contribution in [0.2, 0.25) is 0 Å². The quantitative estimate of drug-likeness (QED) is 0.628. The van der Waals surface area contributed by atoms with Crippen molar-refractivity contribution in [2.45, 2.75) is 24.7 Å². The van der Waals surface area contributed by atoms with Gasteiger partial charge in [0, 0.05) is 16.8 Å². The number of nitrogens with zero attached hydrogens (tertiary/aromatic N) is 1. The lowest BCUT2D eigenvalue weighted by atomic mass is 10.1. The predicted molar refractivity (Wildman–Crippen MR) is 50.1 cm³/mol. The van der Waals surface area contributed by atoms with Crippen molar-refractivity contribution < 1.29 is 0 Å². The Balaban J connectivity index is 2.83. The molecular weight excluding hydrogens is 154 g/mol. The van der Waals surface area contributed by atoms with Crippen LogP contribution in [0.4, 0.5) is 0 Å². The standard InChI is InChI=1S/C9H13NS/c1-7(2)9-5-4-8(11-3)6-10-9/h4-7H,1-3H3. The molecule has 0 aliphatic rings. The molecule has 0 aliphatic heterocycles. The summed E-state index contributed by atoms with van der Waals surface area (Å²) in [4.78, 5) is 5.56. The Bertz CT molecular complexity index is 216. The predicted octanol–water partition coefficient (Wildman–Crippen LogP) is 2.93. The average Bonchev–Trinajstić information content (AvgIpc) is 2.05. The molecule has 0 unspecified atom stereocenters. The van der Waals surface area contributed by atoms with E-state index in [-0.39, 0.29) is 0 Å². The molecular formula is C9H13NS. The Labute approximate surface area is 72.2 Å². The van der Waals surface area contributed by atoms with Crippen LogP contribution in [0.1, 0.15) is 25.5 Å². The molecule has 2 heteroatoms. The SMILES string of the molecule is CSc1ccc(C(C)C)nc1. The van der Waals surface area contributed by atoms with Gasteiger partial charge in [-0.05, 0) is 24.3 Å². The summed E-state index contributed by atoms with van der Waals surface area (Å²) < 4.78 is 0. The molecule has 0 bridgehead atoms. The van der Waals surface area contributed by atoms with Gasteiger partial charge in [-0.25, -0.2) is 0 Å². The van der Waals surface area contributed by atoms with E-state index in [0.717, 1.165) is 0 Å². The zero-order valence-corrected chi connectivity index (χ0v) is 7.98. The van der Waals surface area contributed by atoms with Crippen molar-refractivity contribution in [3.8, 4) is 0 Å². The van der Waals surface area contributed by atoms with Gasteiger partial charge in [-0.15, -0.1) is 11.8 Å². The van der Waals surface area contributed by atoms with Crippen molar-refractivity contribution in [1.29, 1.82) is 0 Å². The van der Waals surface area contributed by atoms with Crippen molar-refractivity contribution in [3.05, 3.63) is 24.0 Å². The van der Waals surface area contributed by atoms with E-state index in [0.29, 0.717) is 5.92 Å². The molecule has 1 rings (SSSR count). The summed E-state index contributed by atoms with van der Waals surface area (Å²) in [6, 6.07) is 4.21. The lowest BCUT2D eigenvalue weighted by Crippen LogP contribution is -1.90. The Hall–Kier alpha value is -0.500. The van der Waals surface area contributed by atoms with Crippen molar-refractivity contribution in [2.75, 3.05) is 6.26 Å². The summed E-state index contributed by atoms with van der Waals surface area (Å²) in [5, 5.41) is 0. The third-order valence-electron chi connectivity index (χ3n) is 1.59. The fraction of sp³-hybridized carbons (Fsp3) is 0.444. The monoisotopic (exact) mass is 167 g/mol. The van der Waals surface area contributed by atoms with Gasteiger partial charge in [0.2, 0.25) is 0 Å². The van der Waals surface area contributed by atoms with Crippen LogP contribution in [0.5, 0.6) is 0 Å². The molecule has 0 aliphatic carbocycles. The van der Waals surface area contributed by atoms with E-state index in [1.807, 2.05) is 6.20 Å². The summed E-state index contributed by atoms with van der Waals surface area (Å²) in [6.45, 7) is 4.31. The first-order chi connectivity index (χ1) is 5.24. The molecule has 0 saturated heterocycles. The molecule has 0 spiro atoms. The fourth-order valence-electron chi connectivity index (χ4n) is 0.854. The maximum absolute atomic E-state index is 4.33. The normalized spacial score (nSPS) is 10.5. The van der Waals surface area contributed by atoms with E-state index in [9.17, 15) is 0 Å². The molecule has 0 aromatic carbocycles. The number of pyridine rings is 1. The Morgan fingerprint density at radius 3 is 2.45 bits per heavy atom. The molecule has 1 nitrogen and oxygen atoms in total. The molecule has 0 radical (unpaired) electrons. The second-order valence-corrected chi connectivity index (χ2v) is 3.66. The van der Waals surface area contributed by atoms with E-state index in [4.69, 9.17) is 0 Å². The second kappa shape index (κ2) is 3.77. The number of hydrogen-bond acceptors (Lipinski definition) is 2. The molecule has 1 aromatic heterocycles. The van der Waals surface area contributed by atoms with Crippen molar-refractivity contribution in [3.63, 3.8) is 0 Å². The first-order valence-corrected chi connectivity index (χ1v) is 4.96. The van der Waals surface area contributed by atoms with Gasteiger partial charge in [0.25, 0.3) is 0 Å². The van der Waals surface area contributed by atoms with Crippen LogP contribution >= 0.6 is 11.8 Å². The minimum Gasteiger partial charge on any atom is -0.260 e. The Morgan fingerprint density at radius 2 is 2.09 bits per heavy atom. The second-order valence-electron chi connectivity index (χ2n) is 2.78. The minimum absolute atomic E-state index is 0.533. The summed E-state index contributed by atoms with van der Waals surface area (Å²) >= 11 is 1.73. The fourth-order valence-corrected chi connectivity index (χ4v) is 1.22. The van der Waals surface area contributed by atoms with Gasteiger partial charge in [-0.1, -0.05) is 13.8 Å². The van der Waals surface area contributed by atoms with Gasteiger partial charge in [0.1, 0.15) is 0 Å². The van der Waals surface area contributed by atoms with Gasteiger partial charge >= 0.3 is 0 Å². The maximum atomic E-state index is 4.33. The third-order valence-corrected chi connectivity index (χ3v) is 2.30. The van der Waals surface area contributed by atoms with Crippen LogP contribution in [-0.2, 0) is 0 Å². The zero-order chi connectivity index (χ0) is 8.27. The molecule has 1 aromatic rings. The first-order valence-electron chi connectivity index (χ1n) is 3.74. The van der Waals surface area contributed by atoms with Crippen molar-refractivity contribution in [2.24, 2.45) is 0 Å². The van der Waals surface area contributed by atoms with Crippen LogP contribution in [0.25, 0.3) is 0 Å². The Kier molecular flexibility index (Phi) is 2.94. The van der Waals surface area contributed by atoms with E-state index in [2.05, 4.69) is 37.2 Å². The average molecular weight is 167 g/mol. The van der Waals surface area contributed by atoms with Gasteiger partial charge in [0.15, 0.2) is 0 Å². The molecule has 60 valence electrons. The number of thioether (sulfide) groups is 1. The summed E-state index contributed by atoms with van der Waals surface area (Å²) in [7, 11) is 0. The molecule has 11 heavy (non-hydrogen) atoms. The molecule has 0 atom stereocenters. The van der Waals surface area contributed by atoms with E-state index in [1.54, 1.807) is 11.8 Å². The lowest BCUT2D eigenvalue weighted by Gasteiger charge is -2.03. The minimum atomic E-state index is 0.533. The molecule has 0 saturated carbocycles. The number of rotatable bonds is 2. The third kappa shape index (κ3) is 2.22. The zero-order valence-electron chi connectivity index (χ0n) is 7.16. The van der Waals surface area contributed by atoms with Gasteiger partial charge in [0.05, 0.1) is 0 Å². The number of aromatic nitrogens is 1. The highest BCUT2D eigenvalue weighted by atomic mass is 32.2. The molecule has 0 fully saturated rings. The number of hydrogen-bond donors (Lipinski definition) is 0. The lowest BCUT2D eigenvalue weighted by molar-refractivity contribution is 0.818. The molecule has 1 heterocycles. The maximum Gasteiger partial charge on any atom is 0.0429 e. The summed E-state index contributed by atoms with van der Waals surface area (Å²) in [6.07, 6.45) is 3.99. The van der Waals surface area contributed by atoms with Crippen LogP contribution in [0, 0.1) is 0 Å². The van der Waals surface area contributed by atoms with Crippen LogP contribution < -0.4 is 0 Å². The molecule has 0 N–H and O–H groups in total. The smallest absolute Gasteiger partial charge is 0.0429 e.